The highest BCUT2D eigenvalue weighted by Crippen LogP contribution is 2.17. The second kappa shape index (κ2) is 4.62. The van der Waals surface area contributed by atoms with Gasteiger partial charge in [-0.1, -0.05) is 18.2 Å². The fourth-order valence-corrected chi connectivity index (χ4v) is 1.84. The fraction of sp³-hybridized carbons (Fsp3) is 0.231. The maximum absolute atomic E-state index is 12.1. The molecule has 0 N–H and O–H groups in total. The highest BCUT2D eigenvalue weighted by Gasteiger charge is 2.16. The molecular formula is C13H14N2O3. The van der Waals surface area contributed by atoms with Crippen molar-refractivity contribution >= 4 is 16.8 Å². The van der Waals surface area contributed by atoms with Gasteiger partial charge < -0.3 is 4.57 Å². The lowest BCUT2D eigenvalue weighted by atomic mass is 10.1. The Morgan fingerprint density at radius 2 is 2.00 bits per heavy atom. The normalized spacial score (nSPS) is 10.6. The van der Waals surface area contributed by atoms with E-state index in [1.165, 1.54) is 24.8 Å². The number of fused-ring (bicyclic) bond motifs is 1. The van der Waals surface area contributed by atoms with Crippen LogP contribution in [0.3, 0.4) is 0 Å². The van der Waals surface area contributed by atoms with Crippen LogP contribution in [-0.2, 0) is 11.9 Å². The summed E-state index contributed by atoms with van der Waals surface area (Å²) in [7, 11) is 4.59. The lowest BCUT2D eigenvalue weighted by Gasteiger charge is -2.15. The molecule has 0 aliphatic heterocycles. The van der Waals surface area contributed by atoms with Crippen LogP contribution in [0.5, 0.6) is 0 Å². The second-order valence-corrected chi connectivity index (χ2v) is 3.96. The zero-order valence-electron chi connectivity index (χ0n) is 10.5. The van der Waals surface area contributed by atoms with Gasteiger partial charge in [-0.15, -0.1) is 0 Å². The summed E-state index contributed by atoms with van der Waals surface area (Å²) in [5.74, 6) is -0.341. The van der Waals surface area contributed by atoms with Crippen LogP contribution in [0.4, 0.5) is 0 Å². The molecule has 0 saturated heterocycles. The number of aryl methyl sites for hydroxylation is 1. The minimum absolute atomic E-state index is 0.221. The van der Waals surface area contributed by atoms with Crippen LogP contribution in [0.2, 0.25) is 0 Å². The molecule has 0 bridgehead atoms. The Labute approximate surface area is 104 Å². The minimum atomic E-state index is -0.341. The van der Waals surface area contributed by atoms with Gasteiger partial charge in [0.2, 0.25) is 0 Å². The maximum Gasteiger partial charge on any atom is 0.278 e. The van der Waals surface area contributed by atoms with E-state index in [9.17, 15) is 9.59 Å². The SMILES string of the molecule is CON(C)C(=O)c1cc(=O)n(C)c2ccccc12. The Kier molecular flexibility index (Phi) is 3.16. The van der Waals surface area contributed by atoms with E-state index in [4.69, 9.17) is 4.84 Å². The Balaban J connectivity index is 2.76. The third-order valence-corrected chi connectivity index (χ3v) is 2.94. The summed E-state index contributed by atoms with van der Waals surface area (Å²) in [5, 5.41) is 1.83. The van der Waals surface area contributed by atoms with Crippen LogP contribution in [0.15, 0.2) is 35.1 Å². The second-order valence-electron chi connectivity index (χ2n) is 3.96. The van der Waals surface area contributed by atoms with Gasteiger partial charge in [0.05, 0.1) is 18.2 Å². The first-order valence-electron chi connectivity index (χ1n) is 5.47. The number of carbonyl (C=O) groups is 1. The van der Waals surface area contributed by atoms with Gasteiger partial charge in [0.15, 0.2) is 0 Å². The van der Waals surface area contributed by atoms with Crippen molar-refractivity contribution in [1.82, 2.24) is 9.63 Å². The zero-order chi connectivity index (χ0) is 13.3. The summed E-state index contributed by atoms with van der Waals surface area (Å²) in [4.78, 5) is 28.8. The van der Waals surface area contributed by atoms with E-state index in [1.807, 2.05) is 18.2 Å². The van der Waals surface area contributed by atoms with Gasteiger partial charge in [0.25, 0.3) is 11.5 Å². The van der Waals surface area contributed by atoms with Crippen molar-refractivity contribution < 1.29 is 9.63 Å². The summed E-state index contributed by atoms with van der Waals surface area (Å²) in [5.41, 5.74) is 0.845. The molecule has 0 aliphatic carbocycles. The molecule has 1 heterocycles. The van der Waals surface area contributed by atoms with E-state index >= 15 is 0 Å². The van der Waals surface area contributed by atoms with Gasteiger partial charge >= 0.3 is 0 Å². The van der Waals surface area contributed by atoms with Crippen LogP contribution in [-0.4, -0.2) is 29.7 Å². The molecule has 18 heavy (non-hydrogen) atoms. The van der Waals surface area contributed by atoms with Gasteiger partial charge in [-0.2, -0.15) is 0 Å². The fourth-order valence-electron chi connectivity index (χ4n) is 1.84. The molecule has 0 saturated carbocycles. The molecule has 0 fully saturated rings. The Bertz CT molecular complexity index is 661. The summed E-state index contributed by atoms with van der Waals surface area (Å²) < 4.78 is 1.51. The molecule has 1 aromatic heterocycles. The van der Waals surface area contributed by atoms with Crippen LogP contribution in [0.25, 0.3) is 10.9 Å². The highest BCUT2D eigenvalue weighted by molar-refractivity contribution is 6.05. The predicted octanol–water partition coefficient (Wildman–Crippen LogP) is 1.17. The number of hydrogen-bond acceptors (Lipinski definition) is 3. The van der Waals surface area contributed by atoms with Crippen molar-refractivity contribution in [3.8, 4) is 0 Å². The van der Waals surface area contributed by atoms with E-state index < -0.39 is 0 Å². The molecule has 1 amide bonds. The van der Waals surface area contributed by atoms with Gasteiger partial charge in [0.1, 0.15) is 0 Å². The number of hydroxylamine groups is 2. The highest BCUT2D eigenvalue weighted by atomic mass is 16.7. The molecule has 0 unspecified atom stereocenters. The number of amides is 1. The Hall–Kier alpha value is -2.14. The first-order chi connectivity index (χ1) is 8.56. The molecular weight excluding hydrogens is 232 g/mol. The molecule has 2 rings (SSSR count). The third kappa shape index (κ3) is 1.89. The predicted molar refractivity (Wildman–Crippen MR) is 68.3 cm³/mol. The number of nitrogens with zero attached hydrogens (tertiary/aromatic N) is 2. The molecule has 2 aromatic rings. The van der Waals surface area contributed by atoms with E-state index in [-0.39, 0.29) is 11.5 Å². The maximum atomic E-state index is 12.1. The number of rotatable bonds is 2. The molecule has 0 spiro atoms. The standard InChI is InChI=1S/C13H14N2O3/c1-14-11-7-5-4-6-9(11)10(8-12(14)16)13(17)15(2)18-3/h4-8H,1-3H3. The zero-order valence-corrected chi connectivity index (χ0v) is 10.5. The molecule has 5 nitrogen and oxygen atoms in total. The number of hydrogen-bond donors (Lipinski definition) is 0. The number of pyridine rings is 1. The summed E-state index contributed by atoms with van der Waals surface area (Å²) >= 11 is 0. The van der Waals surface area contributed by atoms with E-state index in [1.54, 1.807) is 13.1 Å². The molecule has 0 aliphatic rings. The van der Waals surface area contributed by atoms with Gasteiger partial charge in [-0.3, -0.25) is 14.4 Å². The van der Waals surface area contributed by atoms with Gasteiger partial charge in [0, 0.05) is 25.5 Å². The van der Waals surface area contributed by atoms with Crippen LogP contribution >= 0.6 is 0 Å². The van der Waals surface area contributed by atoms with Crippen molar-refractivity contribution in [2.45, 2.75) is 0 Å². The average Bonchev–Trinajstić information content (AvgIpc) is 2.41. The van der Waals surface area contributed by atoms with Crippen LogP contribution in [0, 0.1) is 0 Å². The monoisotopic (exact) mass is 246 g/mol. The first-order valence-corrected chi connectivity index (χ1v) is 5.47. The van der Waals surface area contributed by atoms with E-state index in [2.05, 4.69) is 0 Å². The molecule has 0 radical (unpaired) electrons. The topological polar surface area (TPSA) is 51.5 Å². The van der Waals surface area contributed by atoms with E-state index in [0.717, 1.165) is 16.0 Å². The largest absolute Gasteiger partial charge is 0.311 e. The van der Waals surface area contributed by atoms with E-state index in [0.29, 0.717) is 5.56 Å². The molecule has 94 valence electrons. The quantitative estimate of drug-likeness (QED) is 0.747. The average molecular weight is 246 g/mol. The van der Waals surface area contributed by atoms with Gasteiger partial charge in [-0.05, 0) is 6.07 Å². The summed E-state index contributed by atoms with van der Waals surface area (Å²) in [6, 6.07) is 8.61. The van der Waals surface area contributed by atoms with Crippen LogP contribution in [0.1, 0.15) is 10.4 Å². The molecule has 1 aromatic carbocycles. The van der Waals surface area contributed by atoms with Crippen LogP contribution < -0.4 is 5.56 Å². The van der Waals surface area contributed by atoms with Crippen molar-refractivity contribution in [3.63, 3.8) is 0 Å². The number of carbonyl (C=O) groups excluding carboxylic acids is 1. The van der Waals surface area contributed by atoms with Crippen molar-refractivity contribution in [2.24, 2.45) is 7.05 Å². The smallest absolute Gasteiger partial charge is 0.278 e. The lowest BCUT2D eigenvalue weighted by Crippen LogP contribution is -2.28. The third-order valence-electron chi connectivity index (χ3n) is 2.94. The lowest BCUT2D eigenvalue weighted by molar-refractivity contribution is -0.0755. The Morgan fingerprint density at radius 3 is 2.67 bits per heavy atom. The van der Waals surface area contributed by atoms with Crippen molar-refractivity contribution in [1.29, 1.82) is 0 Å². The van der Waals surface area contributed by atoms with Gasteiger partial charge in [-0.25, -0.2) is 5.06 Å². The molecule has 5 heteroatoms. The van der Waals surface area contributed by atoms with Crippen molar-refractivity contribution in [3.05, 3.63) is 46.2 Å². The van der Waals surface area contributed by atoms with Crippen molar-refractivity contribution in [2.75, 3.05) is 14.2 Å². The summed E-state index contributed by atoms with van der Waals surface area (Å²) in [6.07, 6.45) is 0. The first kappa shape index (κ1) is 12.3. The minimum Gasteiger partial charge on any atom is -0.311 e. The Morgan fingerprint density at radius 1 is 1.33 bits per heavy atom. The summed E-state index contributed by atoms with van der Waals surface area (Å²) in [6.45, 7) is 0. The number of aromatic nitrogens is 1. The number of benzene rings is 1. The molecule has 0 atom stereocenters. The number of para-hydroxylation sites is 1.